The molecular weight excluding hydrogens is 482 g/mol. The average molecular weight is 513 g/mol. The summed E-state index contributed by atoms with van der Waals surface area (Å²) < 4.78 is 37.8. The Morgan fingerprint density at radius 1 is 1.31 bits per heavy atom. The summed E-state index contributed by atoms with van der Waals surface area (Å²) in [6, 6.07) is 4.90. The number of alkyl halides is 2. The van der Waals surface area contributed by atoms with Gasteiger partial charge in [0, 0.05) is 19.1 Å². The average Bonchev–Trinajstić information content (AvgIpc) is 2.77. The third-order valence-electron chi connectivity index (χ3n) is 7.12. The predicted octanol–water partition coefficient (Wildman–Crippen LogP) is 4.02. The molecule has 0 saturated carbocycles. The molecule has 1 aromatic carbocycles. The van der Waals surface area contributed by atoms with Gasteiger partial charge in [0.2, 0.25) is 5.91 Å². The second kappa shape index (κ2) is 9.29. The van der Waals surface area contributed by atoms with E-state index in [1.54, 1.807) is 25.1 Å². The maximum atomic E-state index is 13.5. The summed E-state index contributed by atoms with van der Waals surface area (Å²) in [4.78, 5) is 27.6. The highest BCUT2D eigenvalue weighted by molar-refractivity contribution is 6.34. The summed E-state index contributed by atoms with van der Waals surface area (Å²) in [7, 11) is 0. The number of carbonyl (C=O) groups excluding carboxylic acids is 2. The van der Waals surface area contributed by atoms with Gasteiger partial charge < -0.3 is 20.1 Å². The Kier molecular flexibility index (Phi) is 6.85. The zero-order valence-corrected chi connectivity index (χ0v) is 20.8. The molecule has 35 heavy (non-hydrogen) atoms. The van der Waals surface area contributed by atoms with Crippen molar-refractivity contribution in [1.82, 2.24) is 10.2 Å². The Bertz CT molecular complexity index is 1010. The van der Waals surface area contributed by atoms with Crippen LogP contribution in [0.15, 0.2) is 18.2 Å². The molecule has 3 heterocycles. The molecule has 3 aliphatic heterocycles. The summed E-state index contributed by atoms with van der Waals surface area (Å²) >= 11 is 6.68. The molecule has 0 spiro atoms. The van der Waals surface area contributed by atoms with Crippen molar-refractivity contribution >= 4 is 35.1 Å². The number of hydrogen-bond acceptors (Lipinski definition) is 5. The molecule has 0 aliphatic carbocycles. The van der Waals surface area contributed by atoms with Crippen molar-refractivity contribution in [2.75, 3.05) is 18.5 Å². The van der Waals surface area contributed by atoms with E-state index in [0.29, 0.717) is 25.0 Å². The smallest absolute Gasteiger partial charge is 0.271 e. The van der Waals surface area contributed by atoms with Gasteiger partial charge in [-0.25, -0.2) is 8.78 Å². The Morgan fingerprint density at radius 2 is 2.06 bits per heavy atom. The van der Waals surface area contributed by atoms with Gasteiger partial charge in [-0.05, 0) is 51.7 Å². The van der Waals surface area contributed by atoms with Crippen LogP contribution in [0.25, 0.3) is 0 Å². The number of hydrogen-bond donors (Lipinski definition) is 3. The first-order chi connectivity index (χ1) is 16.3. The van der Waals surface area contributed by atoms with Crippen LogP contribution in [0.4, 0.5) is 14.5 Å². The van der Waals surface area contributed by atoms with Crippen molar-refractivity contribution in [1.29, 1.82) is 5.41 Å². The molecule has 4 rings (SSSR count). The Balaban J connectivity index is 1.52. The molecule has 0 aromatic heterocycles. The second-order valence-electron chi connectivity index (χ2n) is 10.1. The van der Waals surface area contributed by atoms with Crippen molar-refractivity contribution < 1.29 is 27.8 Å². The number of amides is 2. The van der Waals surface area contributed by atoms with Crippen LogP contribution in [-0.4, -0.2) is 59.6 Å². The number of nitrogens with one attached hydrogen (secondary N) is 3. The highest BCUT2D eigenvalue weighted by atomic mass is 35.5. The van der Waals surface area contributed by atoms with Crippen molar-refractivity contribution in [3.8, 4) is 0 Å². The first-order valence-corrected chi connectivity index (χ1v) is 12.1. The molecular formula is C24H31ClF2N4O4. The van der Waals surface area contributed by atoms with E-state index < -0.39 is 36.0 Å². The molecule has 3 N–H and O–H groups in total. The number of ether oxygens (including phenoxy) is 2. The molecule has 3 aliphatic rings. The lowest BCUT2D eigenvalue weighted by molar-refractivity contribution is -0.185. The Hall–Kier alpha value is -2.30. The van der Waals surface area contributed by atoms with Crippen LogP contribution in [-0.2, 0) is 24.6 Å². The van der Waals surface area contributed by atoms with Gasteiger partial charge in [0.1, 0.15) is 12.2 Å². The van der Waals surface area contributed by atoms with Gasteiger partial charge in [0.15, 0.2) is 5.96 Å². The number of benzene rings is 1. The molecule has 1 unspecified atom stereocenters. The van der Waals surface area contributed by atoms with Gasteiger partial charge in [0.25, 0.3) is 11.8 Å². The first kappa shape index (κ1) is 25.8. The summed E-state index contributed by atoms with van der Waals surface area (Å²) in [5.41, 5.74) is -1.57. The molecule has 0 bridgehead atoms. The lowest BCUT2D eigenvalue weighted by Crippen LogP contribution is -2.63. The number of halogens is 3. The molecule has 1 aromatic rings. The molecule has 4 atom stereocenters. The van der Waals surface area contributed by atoms with Gasteiger partial charge in [-0.1, -0.05) is 23.7 Å². The van der Waals surface area contributed by atoms with Crippen LogP contribution in [0.1, 0.15) is 58.4 Å². The lowest BCUT2D eigenvalue weighted by Gasteiger charge is -2.45. The molecule has 192 valence electrons. The van der Waals surface area contributed by atoms with Crippen LogP contribution in [0.5, 0.6) is 0 Å². The number of carbonyl (C=O) groups is 2. The zero-order valence-electron chi connectivity index (χ0n) is 20.1. The van der Waals surface area contributed by atoms with Gasteiger partial charge in [-0.3, -0.25) is 19.9 Å². The normalized spacial score (nSPS) is 33.3. The number of nitrogens with zero attached hydrogens (tertiary/aromatic N) is 1. The van der Waals surface area contributed by atoms with Crippen LogP contribution >= 0.6 is 11.6 Å². The van der Waals surface area contributed by atoms with E-state index in [1.165, 1.54) is 11.8 Å². The largest absolute Gasteiger partial charge is 0.378 e. The molecule has 3 fully saturated rings. The first-order valence-electron chi connectivity index (χ1n) is 11.8. The van der Waals surface area contributed by atoms with Gasteiger partial charge >= 0.3 is 0 Å². The monoisotopic (exact) mass is 512 g/mol. The van der Waals surface area contributed by atoms with Gasteiger partial charge in [0.05, 0.1) is 28.8 Å². The van der Waals surface area contributed by atoms with Crippen molar-refractivity contribution in [3.63, 3.8) is 0 Å². The number of rotatable bonds is 4. The number of guanidine groups is 1. The maximum Gasteiger partial charge on any atom is 0.271 e. The SMILES string of the molecule is C[C@@H]1C[C@H](N2C(=N)N[C@](C)(c3cccc(NC(=O)C4(C)CCC(F)(F)CO4)c3Cl)CC2=O)CCO1. The minimum absolute atomic E-state index is 0.00241. The molecule has 11 heteroatoms. The Morgan fingerprint density at radius 3 is 2.69 bits per heavy atom. The Labute approximate surface area is 208 Å². The van der Waals surface area contributed by atoms with Crippen molar-refractivity contribution in [2.45, 2.75) is 82.1 Å². The van der Waals surface area contributed by atoms with E-state index in [0.717, 1.165) is 0 Å². The topological polar surface area (TPSA) is 104 Å². The van der Waals surface area contributed by atoms with E-state index in [2.05, 4.69) is 10.6 Å². The van der Waals surface area contributed by atoms with Crippen LogP contribution < -0.4 is 10.6 Å². The van der Waals surface area contributed by atoms with E-state index in [9.17, 15) is 18.4 Å². The third-order valence-corrected chi connectivity index (χ3v) is 7.53. The molecule has 8 nitrogen and oxygen atoms in total. The lowest BCUT2D eigenvalue weighted by atomic mass is 9.85. The van der Waals surface area contributed by atoms with E-state index in [1.807, 2.05) is 6.92 Å². The maximum absolute atomic E-state index is 13.5. The summed E-state index contributed by atoms with van der Waals surface area (Å²) in [5, 5.41) is 14.6. The summed E-state index contributed by atoms with van der Waals surface area (Å²) in [6.45, 7) is 4.92. The van der Waals surface area contributed by atoms with Crippen molar-refractivity contribution in [2.24, 2.45) is 0 Å². The van der Waals surface area contributed by atoms with Crippen molar-refractivity contribution in [3.05, 3.63) is 28.8 Å². The highest BCUT2D eigenvalue weighted by Crippen LogP contribution is 2.40. The van der Waals surface area contributed by atoms with E-state index in [-0.39, 0.29) is 47.6 Å². The fraction of sp³-hybridized carbons (Fsp3) is 0.625. The predicted molar refractivity (Wildman–Crippen MR) is 127 cm³/mol. The quantitative estimate of drug-likeness (QED) is 0.565. The zero-order chi connectivity index (χ0) is 25.6. The summed E-state index contributed by atoms with van der Waals surface area (Å²) in [5.74, 6) is -3.72. The van der Waals surface area contributed by atoms with Crippen LogP contribution in [0, 0.1) is 5.41 Å². The third kappa shape index (κ3) is 5.15. The number of anilines is 1. The van der Waals surface area contributed by atoms with Crippen LogP contribution in [0.3, 0.4) is 0 Å². The van der Waals surface area contributed by atoms with E-state index in [4.69, 9.17) is 26.5 Å². The van der Waals surface area contributed by atoms with Gasteiger partial charge in [-0.15, -0.1) is 0 Å². The van der Waals surface area contributed by atoms with Gasteiger partial charge in [-0.2, -0.15) is 0 Å². The molecule has 2 amide bonds. The highest BCUT2D eigenvalue weighted by Gasteiger charge is 2.47. The minimum atomic E-state index is -2.95. The minimum Gasteiger partial charge on any atom is -0.378 e. The standard InChI is InChI=1S/C24H31ClF2N4O4/c1-14-11-15(7-10-34-14)31-18(32)12-22(2,30-21(31)28)16-5-4-6-17(19(16)25)29-20(33)23(3)8-9-24(26,27)13-35-23/h4-6,14-15H,7-13H2,1-3H3,(H2,28,30)(H,29,33)/t14-,15-,22+,23?/m1/s1. The summed E-state index contributed by atoms with van der Waals surface area (Å²) in [6.07, 6.45) is 0.814. The second-order valence-corrected chi connectivity index (χ2v) is 10.5. The fourth-order valence-corrected chi connectivity index (χ4v) is 5.34. The molecule has 3 saturated heterocycles. The fourth-order valence-electron chi connectivity index (χ4n) is 4.95. The molecule has 0 radical (unpaired) electrons. The van der Waals surface area contributed by atoms with Crippen LogP contribution in [0.2, 0.25) is 5.02 Å². The van der Waals surface area contributed by atoms with E-state index >= 15 is 0 Å².